The second-order valence-electron chi connectivity index (χ2n) is 4.11. The Labute approximate surface area is 94.3 Å². The van der Waals surface area contributed by atoms with Gasteiger partial charge in [-0.05, 0) is 42.2 Å². The van der Waals surface area contributed by atoms with Gasteiger partial charge >= 0.3 is 0 Å². The van der Waals surface area contributed by atoms with Crippen LogP contribution in [-0.2, 0) is 0 Å². The zero-order valence-electron chi connectivity index (χ0n) is 9.50. The van der Waals surface area contributed by atoms with E-state index in [4.69, 9.17) is 5.73 Å². The van der Waals surface area contributed by atoms with Crippen LogP contribution in [0.5, 0.6) is 0 Å². The third-order valence-electron chi connectivity index (χ3n) is 2.98. The average Bonchev–Trinajstić information content (AvgIpc) is 2.27. The molecule has 2 nitrogen and oxygen atoms in total. The first-order chi connectivity index (χ1) is 7.61. The Kier molecular flexibility index (Phi) is 2.77. The summed E-state index contributed by atoms with van der Waals surface area (Å²) in [5.41, 5.74) is 7.21. The number of benzene rings is 1. The number of rotatable bonds is 2. The summed E-state index contributed by atoms with van der Waals surface area (Å²) in [5.74, 6) is 0.538. The van der Waals surface area contributed by atoms with Gasteiger partial charge in [-0.1, -0.05) is 13.8 Å². The first kappa shape index (κ1) is 10.9. The third-order valence-corrected chi connectivity index (χ3v) is 2.98. The number of nitrogens with zero attached hydrogens (tertiary/aromatic N) is 1. The summed E-state index contributed by atoms with van der Waals surface area (Å²) in [7, 11) is 0. The van der Waals surface area contributed by atoms with Gasteiger partial charge in [-0.25, -0.2) is 9.37 Å². The first-order valence-electron chi connectivity index (χ1n) is 5.47. The number of anilines is 1. The predicted molar refractivity (Wildman–Crippen MR) is 64.8 cm³/mol. The molecule has 2 aromatic rings. The molecule has 16 heavy (non-hydrogen) atoms. The molecule has 2 rings (SSSR count). The SMILES string of the molecule is CCC(C)c1cc(F)c2ccc(N)nc2c1. The Morgan fingerprint density at radius 1 is 1.38 bits per heavy atom. The van der Waals surface area contributed by atoms with E-state index >= 15 is 0 Å². The van der Waals surface area contributed by atoms with Crippen molar-refractivity contribution in [1.29, 1.82) is 0 Å². The first-order valence-corrected chi connectivity index (χ1v) is 5.47. The van der Waals surface area contributed by atoms with E-state index in [-0.39, 0.29) is 5.82 Å². The van der Waals surface area contributed by atoms with E-state index < -0.39 is 0 Å². The lowest BCUT2D eigenvalue weighted by Crippen LogP contribution is -1.96. The van der Waals surface area contributed by atoms with Crippen molar-refractivity contribution in [2.45, 2.75) is 26.2 Å². The van der Waals surface area contributed by atoms with Crippen LogP contribution in [-0.4, -0.2) is 4.98 Å². The average molecular weight is 218 g/mol. The minimum atomic E-state index is -0.222. The topological polar surface area (TPSA) is 38.9 Å². The Hall–Kier alpha value is -1.64. The summed E-state index contributed by atoms with van der Waals surface area (Å²) >= 11 is 0. The van der Waals surface area contributed by atoms with Crippen molar-refractivity contribution < 1.29 is 4.39 Å². The Balaban J connectivity index is 2.65. The van der Waals surface area contributed by atoms with Crippen molar-refractivity contribution in [2.75, 3.05) is 5.73 Å². The van der Waals surface area contributed by atoms with Gasteiger partial charge in [0.25, 0.3) is 0 Å². The Morgan fingerprint density at radius 3 is 2.81 bits per heavy atom. The van der Waals surface area contributed by atoms with Crippen molar-refractivity contribution in [3.05, 3.63) is 35.6 Å². The van der Waals surface area contributed by atoms with E-state index in [1.165, 1.54) is 0 Å². The molecular formula is C13H15FN2. The Bertz CT molecular complexity index is 523. The highest BCUT2D eigenvalue weighted by Gasteiger charge is 2.09. The van der Waals surface area contributed by atoms with Crippen LogP contribution in [0.3, 0.4) is 0 Å². The van der Waals surface area contributed by atoms with Gasteiger partial charge in [0.15, 0.2) is 0 Å². The molecule has 0 saturated carbocycles. The predicted octanol–water partition coefficient (Wildman–Crippen LogP) is 3.47. The molecule has 0 amide bonds. The van der Waals surface area contributed by atoms with Crippen LogP contribution in [0.2, 0.25) is 0 Å². The van der Waals surface area contributed by atoms with Gasteiger partial charge in [0.2, 0.25) is 0 Å². The van der Waals surface area contributed by atoms with Crippen molar-refractivity contribution in [2.24, 2.45) is 0 Å². The van der Waals surface area contributed by atoms with E-state index in [0.29, 0.717) is 22.6 Å². The van der Waals surface area contributed by atoms with Gasteiger partial charge in [-0.3, -0.25) is 0 Å². The van der Waals surface area contributed by atoms with Crippen LogP contribution in [0, 0.1) is 5.82 Å². The van der Waals surface area contributed by atoms with Crippen LogP contribution in [0.4, 0.5) is 10.2 Å². The molecule has 0 aliphatic heterocycles. The second-order valence-corrected chi connectivity index (χ2v) is 4.11. The molecule has 2 N–H and O–H groups in total. The molecule has 1 unspecified atom stereocenters. The van der Waals surface area contributed by atoms with Crippen molar-refractivity contribution in [3.63, 3.8) is 0 Å². The standard InChI is InChI=1S/C13H15FN2/c1-3-8(2)9-6-11(14)10-4-5-13(15)16-12(10)7-9/h4-8H,3H2,1-2H3,(H2,15,16). The van der Waals surface area contributed by atoms with E-state index in [1.807, 2.05) is 6.07 Å². The molecule has 1 atom stereocenters. The van der Waals surface area contributed by atoms with Crippen LogP contribution in [0.1, 0.15) is 31.7 Å². The summed E-state index contributed by atoms with van der Waals surface area (Å²) in [5, 5.41) is 0.529. The molecule has 0 saturated heterocycles. The normalized spacial score (nSPS) is 12.9. The number of nitrogens with two attached hydrogens (primary N) is 1. The molecule has 1 aromatic carbocycles. The van der Waals surface area contributed by atoms with E-state index in [1.54, 1.807) is 18.2 Å². The van der Waals surface area contributed by atoms with Gasteiger partial charge < -0.3 is 5.73 Å². The number of fused-ring (bicyclic) bond motifs is 1. The fourth-order valence-electron chi connectivity index (χ4n) is 1.75. The van der Waals surface area contributed by atoms with Gasteiger partial charge in [0.05, 0.1) is 5.52 Å². The monoisotopic (exact) mass is 218 g/mol. The number of hydrogen-bond acceptors (Lipinski definition) is 2. The molecule has 3 heteroatoms. The van der Waals surface area contributed by atoms with E-state index in [0.717, 1.165) is 12.0 Å². The molecule has 1 heterocycles. The van der Waals surface area contributed by atoms with Gasteiger partial charge in [-0.2, -0.15) is 0 Å². The highest BCUT2D eigenvalue weighted by molar-refractivity contribution is 5.81. The lowest BCUT2D eigenvalue weighted by molar-refractivity contribution is 0.631. The number of aromatic nitrogens is 1. The zero-order chi connectivity index (χ0) is 11.7. The molecule has 0 spiro atoms. The minimum Gasteiger partial charge on any atom is -0.384 e. The fourth-order valence-corrected chi connectivity index (χ4v) is 1.75. The fraction of sp³-hybridized carbons (Fsp3) is 0.308. The summed E-state index contributed by atoms with van der Waals surface area (Å²) in [4.78, 5) is 4.15. The third kappa shape index (κ3) is 1.85. The quantitative estimate of drug-likeness (QED) is 0.838. The molecule has 84 valence electrons. The summed E-state index contributed by atoms with van der Waals surface area (Å²) in [6.07, 6.45) is 0.979. The lowest BCUT2D eigenvalue weighted by Gasteiger charge is -2.10. The second kappa shape index (κ2) is 4.08. The zero-order valence-corrected chi connectivity index (χ0v) is 9.50. The summed E-state index contributed by atoms with van der Waals surface area (Å²) < 4.78 is 13.8. The highest BCUT2D eigenvalue weighted by atomic mass is 19.1. The van der Waals surface area contributed by atoms with Crippen LogP contribution < -0.4 is 5.73 Å². The van der Waals surface area contributed by atoms with Gasteiger partial charge in [0.1, 0.15) is 11.6 Å². The maximum Gasteiger partial charge on any atom is 0.132 e. The van der Waals surface area contributed by atoms with E-state index in [2.05, 4.69) is 18.8 Å². The summed E-state index contributed by atoms with van der Waals surface area (Å²) in [6.45, 7) is 4.16. The smallest absolute Gasteiger partial charge is 0.132 e. The van der Waals surface area contributed by atoms with Crippen LogP contribution >= 0.6 is 0 Å². The lowest BCUT2D eigenvalue weighted by atomic mass is 9.97. The van der Waals surface area contributed by atoms with Crippen LogP contribution in [0.25, 0.3) is 10.9 Å². The minimum absolute atomic E-state index is 0.222. The molecule has 0 aliphatic carbocycles. The number of hydrogen-bond donors (Lipinski definition) is 1. The van der Waals surface area contributed by atoms with Crippen molar-refractivity contribution >= 4 is 16.7 Å². The maximum absolute atomic E-state index is 13.8. The van der Waals surface area contributed by atoms with Crippen molar-refractivity contribution in [3.8, 4) is 0 Å². The molecule has 1 aromatic heterocycles. The molecule has 0 fully saturated rings. The van der Waals surface area contributed by atoms with Crippen LogP contribution in [0.15, 0.2) is 24.3 Å². The number of halogens is 1. The van der Waals surface area contributed by atoms with Crippen molar-refractivity contribution in [1.82, 2.24) is 4.98 Å². The molecular weight excluding hydrogens is 203 g/mol. The number of nitrogen functional groups attached to an aromatic ring is 1. The largest absolute Gasteiger partial charge is 0.384 e. The maximum atomic E-state index is 13.8. The Morgan fingerprint density at radius 2 is 2.12 bits per heavy atom. The highest BCUT2D eigenvalue weighted by Crippen LogP contribution is 2.25. The molecule has 0 bridgehead atoms. The molecule has 0 radical (unpaired) electrons. The number of pyridine rings is 1. The summed E-state index contributed by atoms with van der Waals surface area (Å²) in [6, 6.07) is 6.80. The van der Waals surface area contributed by atoms with Gasteiger partial charge in [0, 0.05) is 5.39 Å². The van der Waals surface area contributed by atoms with Gasteiger partial charge in [-0.15, -0.1) is 0 Å². The molecule has 0 aliphatic rings. The van der Waals surface area contributed by atoms with E-state index in [9.17, 15) is 4.39 Å².